The van der Waals surface area contributed by atoms with E-state index in [2.05, 4.69) is 33.9 Å². The Balaban J connectivity index is 2.00. The second-order valence-corrected chi connectivity index (χ2v) is 5.29. The average Bonchev–Trinajstić information content (AvgIpc) is 2.36. The molecule has 0 spiro atoms. The minimum atomic E-state index is -0.0918. The topological polar surface area (TPSA) is 29.1 Å². The number of rotatable bonds is 3. The monoisotopic (exact) mass is 321 g/mol. The number of nitrogens with one attached hydrogen (secondary N) is 1. The zero-order valence-electron chi connectivity index (χ0n) is 9.56. The third-order valence-corrected chi connectivity index (χ3v) is 3.22. The summed E-state index contributed by atoms with van der Waals surface area (Å²) in [6, 6.07) is 15.0. The van der Waals surface area contributed by atoms with E-state index in [0.29, 0.717) is 12.1 Å². The summed E-state index contributed by atoms with van der Waals surface area (Å²) >= 11 is 7.61. The highest BCUT2D eigenvalue weighted by Crippen LogP contribution is 2.12. The fourth-order valence-corrected chi connectivity index (χ4v) is 2.25. The van der Waals surface area contributed by atoms with Gasteiger partial charge in [0.2, 0.25) is 0 Å². The first kappa shape index (κ1) is 13.2. The maximum absolute atomic E-state index is 11.9. The first-order valence-corrected chi connectivity index (χ1v) is 6.71. The van der Waals surface area contributed by atoms with Crippen LogP contribution in [0.5, 0.6) is 0 Å². The van der Waals surface area contributed by atoms with Gasteiger partial charge in [0, 0.05) is 21.5 Å². The van der Waals surface area contributed by atoms with E-state index in [1.165, 1.54) is 0 Å². The van der Waals surface area contributed by atoms with Gasteiger partial charge in [0.05, 0.1) is 0 Å². The van der Waals surface area contributed by atoms with Gasteiger partial charge in [-0.3, -0.25) is 4.79 Å². The lowest BCUT2D eigenvalue weighted by Gasteiger charge is -2.06. The molecule has 0 saturated carbocycles. The predicted octanol–water partition coefficient (Wildman–Crippen LogP) is 3.67. The lowest BCUT2D eigenvalue weighted by molar-refractivity contribution is 0.0950. The van der Waals surface area contributed by atoms with Crippen LogP contribution >= 0.6 is 28.6 Å². The SMILES string of the molecule is O=C(NCc1cccc(Br)c1)c1cccc(S)c1. The number of thiol groups is 1. The van der Waals surface area contributed by atoms with Crippen molar-refractivity contribution >= 4 is 34.5 Å². The molecule has 0 aromatic heterocycles. The Bertz CT molecular complexity index is 571. The van der Waals surface area contributed by atoms with Crippen molar-refractivity contribution in [1.29, 1.82) is 0 Å². The van der Waals surface area contributed by atoms with Crippen LogP contribution in [-0.4, -0.2) is 5.91 Å². The zero-order chi connectivity index (χ0) is 13.0. The molecule has 2 aromatic carbocycles. The molecule has 92 valence electrons. The van der Waals surface area contributed by atoms with Crippen LogP contribution in [0.25, 0.3) is 0 Å². The molecule has 0 unspecified atom stereocenters. The van der Waals surface area contributed by atoms with Gasteiger partial charge in [-0.05, 0) is 35.9 Å². The minimum absolute atomic E-state index is 0.0918. The van der Waals surface area contributed by atoms with Gasteiger partial charge in [0.25, 0.3) is 5.91 Å². The summed E-state index contributed by atoms with van der Waals surface area (Å²) in [6.07, 6.45) is 0. The van der Waals surface area contributed by atoms with Crippen molar-refractivity contribution in [3.63, 3.8) is 0 Å². The summed E-state index contributed by atoms with van der Waals surface area (Å²) in [4.78, 5) is 12.7. The third-order valence-electron chi connectivity index (χ3n) is 2.45. The Kier molecular flexibility index (Phi) is 4.44. The molecule has 0 heterocycles. The second-order valence-electron chi connectivity index (χ2n) is 3.86. The van der Waals surface area contributed by atoms with Crippen LogP contribution in [0.3, 0.4) is 0 Å². The highest BCUT2D eigenvalue weighted by molar-refractivity contribution is 9.10. The molecule has 1 N–H and O–H groups in total. The first-order chi connectivity index (χ1) is 8.65. The Morgan fingerprint density at radius 3 is 2.67 bits per heavy atom. The van der Waals surface area contributed by atoms with Gasteiger partial charge in [-0.15, -0.1) is 12.6 Å². The molecule has 0 aliphatic carbocycles. The van der Waals surface area contributed by atoms with E-state index in [9.17, 15) is 4.79 Å². The van der Waals surface area contributed by atoms with Gasteiger partial charge >= 0.3 is 0 Å². The molecule has 0 bridgehead atoms. The van der Waals surface area contributed by atoms with Gasteiger partial charge in [-0.1, -0.05) is 34.1 Å². The lowest BCUT2D eigenvalue weighted by atomic mass is 10.2. The van der Waals surface area contributed by atoms with Crippen LogP contribution in [0.1, 0.15) is 15.9 Å². The van der Waals surface area contributed by atoms with Crippen LogP contribution in [0, 0.1) is 0 Å². The van der Waals surface area contributed by atoms with E-state index in [0.717, 1.165) is 14.9 Å². The summed E-state index contributed by atoms with van der Waals surface area (Å²) < 4.78 is 1.01. The van der Waals surface area contributed by atoms with E-state index < -0.39 is 0 Å². The summed E-state index contributed by atoms with van der Waals surface area (Å²) in [7, 11) is 0. The third kappa shape index (κ3) is 3.62. The molecular formula is C14H12BrNOS. The normalized spacial score (nSPS) is 10.1. The maximum Gasteiger partial charge on any atom is 0.251 e. The number of hydrogen-bond donors (Lipinski definition) is 2. The second kappa shape index (κ2) is 6.07. The summed E-state index contributed by atoms with van der Waals surface area (Å²) in [6.45, 7) is 0.509. The van der Waals surface area contributed by atoms with E-state index in [-0.39, 0.29) is 5.91 Å². The van der Waals surface area contributed by atoms with Crippen molar-refractivity contribution in [3.05, 3.63) is 64.1 Å². The number of amides is 1. The molecule has 0 aliphatic heterocycles. The predicted molar refractivity (Wildman–Crippen MR) is 79.0 cm³/mol. The largest absolute Gasteiger partial charge is 0.348 e. The number of halogens is 1. The summed E-state index contributed by atoms with van der Waals surface area (Å²) in [5.74, 6) is -0.0918. The minimum Gasteiger partial charge on any atom is -0.348 e. The Labute approximate surface area is 120 Å². The fraction of sp³-hybridized carbons (Fsp3) is 0.0714. The van der Waals surface area contributed by atoms with E-state index in [1.54, 1.807) is 12.1 Å². The molecule has 0 atom stereocenters. The average molecular weight is 322 g/mol. The summed E-state index contributed by atoms with van der Waals surface area (Å²) in [5, 5.41) is 2.88. The molecule has 1 amide bonds. The highest BCUT2D eigenvalue weighted by Gasteiger charge is 2.05. The van der Waals surface area contributed by atoms with Crippen LogP contribution < -0.4 is 5.32 Å². The van der Waals surface area contributed by atoms with Gasteiger partial charge in [-0.25, -0.2) is 0 Å². The van der Waals surface area contributed by atoms with Crippen molar-refractivity contribution in [2.45, 2.75) is 11.4 Å². The molecular weight excluding hydrogens is 310 g/mol. The van der Waals surface area contributed by atoms with Crippen LogP contribution in [0.15, 0.2) is 57.9 Å². The van der Waals surface area contributed by atoms with Crippen molar-refractivity contribution in [2.24, 2.45) is 0 Å². The van der Waals surface area contributed by atoms with Gasteiger partial charge < -0.3 is 5.32 Å². The fourth-order valence-electron chi connectivity index (χ4n) is 1.58. The van der Waals surface area contributed by atoms with Crippen LogP contribution in [-0.2, 0) is 6.54 Å². The van der Waals surface area contributed by atoms with Crippen molar-refractivity contribution in [2.75, 3.05) is 0 Å². The number of hydrogen-bond acceptors (Lipinski definition) is 2. The first-order valence-electron chi connectivity index (χ1n) is 5.47. The molecule has 0 radical (unpaired) electrons. The molecule has 18 heavy (non-hydrogen) atoms. The van der Waals surface area contributed by atoms with Gasteiger partial charge in [0.15, 0.2) is 0 Å². The Morgan fingerprint density at radius 2 is 1.94 bits per heavy atom. The molecule has 0 aliphatic rings. The number of benzene rings is 2. The summed E-state index contributed by atoms with van der Waals surface area (Å²) in [5.41, 5.74) is 1.68. The smallest absolute Gasteiger partial charge is 0.251 e. The van der Waals surface area contributed by atoms with Gasteiger partial charge in [-0.2, -0.15) is 0 Å². The molecule has 2 rings (SSSR count). The molecule has 0 saturated heterocycles. The van der Waals surface area contributed by atoms with Crippen molar-refractivity contribution < 1.29 is 4.79 Å². The standard InChI is InChI=1S/C14H12BrNOS/c15-12-5-1-3-10(7-12)9-16-14(17)11-4-2-6-13(18)8-11/h1-8,18H,9H2,(H,16,17). The van der Waals surface area contributed by atoms with Crippen LogP contribution in [0.2, 0.25) is 0 Å². The number of carbonyl (C=O) groups is 1. The Hall–Kier alpha value is -1.26. The molecule has 4 heteroatoms. The van der Waals surface area contributed by atoms with Crippen LogP contribution in [0.4, 0.5) is 0 Å². The molecule has 2 nitrogen and oxygen atoms in total. The quantitative estimate of drug-likeness (QED) is 0.830. The zero-order valence-corrected chi connectivity index (χ0v) is 12.0. The number of carbonyl (C=O) groups excluding carboxylic acids is 1. The van der Waals surface area contributed by atoms with Crippen molar-refractivity contribution in [3.8, 4) is 0 Å². The van der Waals surface area contributed by atoms with E-state index in [4.69, 9.17) is 0 Å². The highest BCUT2D eigenvalue weighted by atomic mass is 79.9. The maximum atomic E-state index is 11.9. The Morgan fingerprint density at radius 1 is 1.17 bits per heavy atom. The molecule has 2 aromatic rings. The van der Waals surface area contributed by atoms with E-state index in [1.807, 2.05) is 36.4 Å². The van der Waals surface area contributed by atoms with Crippen molar-refractivity contribution in [1.82, 2.24) is 5.32 Å². The lowest BCUT2D eigenvalue weighted by Crippen LogP contribution is -2.22. The van der Waals surface area contributed by atoms with E-state index >= 15 is 0 Å². The van der Waals surface area contributed by atoms with Gasteiger partial charge in [0.1, 0.15) is 0 Å². The molecule has 0 fully saturated rings.